The standard InChI is InChI=1S/C18H27N3O2/c1-3-17(22)21-12-10-16(13-21)20-18(23)19-11-6-9-15-8-5-4-7-14(15)2/h4-5,7-8,16H,3,6,9-13H2,1-2H3,(H2,19,20,23)/t16-/m1/s1. The molecule has 1 aromatic rings. The molecule has 1 fully saturated rings. The topological polar surface area (TPSA) is 61.4 Å². The molecule has 3 amide bonds. The summed E-state index contributed by atoms with van der Waals surface area (Å²) in [4.78, 5) is 25.3. The van der Waals surface area contributed by atoms with Crippen molar-refractivity contribution in [2.24, 2.45) is 0 Å². The molecular formula is C18H27N3O2. The number of carbonyl (C=O) groups is 2. The van der Waals surface area contributed by atoms with E-state index in [9.17, 15) is 9.59 Å². The molecule has 0 unspecified atom stereocenters. The van der Waals surface area contributed by atoms with Crippen LogP contribution in [0.1, 0.15) is 37.3 Å². The molecule has 0 saturated carbocycles. The molecule has 23 heavy (non-hydrogen) atoms. The number of rotatable bonds is 6. The number of hydrogen-bond donors (Lipinski definition) is 2. The highest BCUT2D eigenvalue weighted by atomic mass is 16.2. The van der Waals surface area contributed by atoms with Gasteiger partial charge in [-0.25, -0.2) is 4.79 Å². The fraction of sp³-hybridized carbons (Fsp3) is 0.556. The van der Waals surface area contributed by atoms with Crippen LogP contribution in [-0.4, -0.2) is 42.5 Å². The Bertz CT molecular complexity index is 545. The van der Waals surface area contributed by atoms with Gasteiger partial charge in [0.1, 0.15) is 0 Å². The fourth-order valence-electron chi connectivity index (χ4n) is 2.94. The molecule has 2 rings (SSSR count). The van der Waals surface area contributed by atoms with Gasteiger partial charge in [0.05, 0.1) is 0 Å². The summed E-state index contributed by atoms with van der Waals surface area (Å²) in [5.74, 6) is 0.160. The molecule has 0 aromatic heterocycles. The number of carbonyl (C=O) groups excluding carboxylic acids is 2. The molecule has 0 spiro atoms. The Labute approximate surface area is 138 Å². The Morgan fingerprint density at radius 3 is 2.83 bits per heavy atom. The van der Waals surface area contributed by atoms with Gasteiger partial charge in [0.25, 0.3) is 0 Å². The minimum Gasteiger partial charge on any atom is -0.341 e. The normalized spacial score (nSPS) is 17.1. The molecule has 0 aliphatic carbocycles. The molecule has 2 N–H and O–H groups in total. The first-order valence-electron chi connectivity index (χ1n) is 8.46. The lowest BCUT2D eigenvalue weighted by molar-refractivity contribution is -0.129. The molecule has 1 heterocycles. The van der Waals surface area contributed by atoms with E-state index in [1.165, 1.54) is 11.1 Å². The minimum absolute atomic E-state index is 0.0712. The number of amides is 3. The van der Waals surface area contributed by atoms with Crippen LogP contribution in [0.2, 0.25) is 0 Å². The second-order valence-corrected chi connectivity index (χ2v) is 6.11. The van der Waals surface area contributed by atoms with Crippen molar-refractivity contribution in [2.45, 2.75) is 45.6 Å². The van der Waals surface area contributed by atoms with Crippen LogP contribution in [0.25, 0.3) is 0 Å². The van der Waals surface area contributed by atoms with Crippen LogP contribution in [0.4, 0.5) is 4.79 Å². The first kappa shape index (κ1) is 17.3. The predicted molar refractivity (Wildman–Crippen MR) is 91.3 cm³/mol. The number of nitrogens with zero attached hydrogens (tertiary/aromatic N) is 1. The van der Waals surface area contributed by atoms with Crippen LogP contribution < -0.4 is 10.6 Å². The van der Waals surface area contributed by atoms with Crippen LogP contribution in [0.5, 0.6) is 0 Å². The van der Waals surface area contributed by atoms with Crippen molar-refractivity contribution in [3.63, 3.8) is 0 Å². The molecule has 0 radical (unpaired) electrons. The number of benzene rings is 1. The van der Waals surface area contributed by atoms with Crippen molar-refractivity contribution in [1.82, 2.24) is 15.5 Å². The van der Waals surface area contributed by atoms with Crippen LogP contribution in [0.15, 0.2) is 24.3 Å². The molecule has 126 valence electrons. The van der Waals surface area contributed by atoms with E-state index >= 15 is 0 Å². The molecule has 1 aliphatic rings. The molecule has 1 aliphatic heterocycles. The van der Waals surface area contributed by atoms with E-state index in [0.29, 0.717) is 19.5 Å². The van der Waals surface area contributed by atoms with Gasteiger partial charge in [-0.05, 0) is 37.3 Å². The van der Waals surface area contributed by atoms with Gasteiger partial charge in [0, 0.05) is 32.1 Å². The lowest BCUT2D eigenvalue weighted by Crippen LogP contribution is -2.44. The second kappa shape index (κ2) is 8.56. The minimum atomic E-state index is -0.134. The van der Waals surface area contributed by atoms with Crippen LogP contribution in [-0.2, 0) is 11.2 Å². The Morgan fingerprint density at radius 2 is 2.09 bits per heavy atom. The molecule has 5 nitrogen and oxygen atoms in total. The van der Waals surface area contributed by atoms with Crippen LogP contribution >= 0.6 is 0 Å². The lowest BCUT2D eigenvalue weighted by Gasteiger charge is -2.16. The lowest BCUT2D eigenvalue weighted by atomic mass is 10.0. The van der Waals surface area contributed by atoms with Gasteiger partial charge in [-0.2, -0.15) is 0 Å². The van der Waals surface area contributed by atoms with Crippen molar-refractivity contribution >= 4 is 11.9 Å². The van der Waals surface area contributed by atoms with E-state index in [1.807, 2.05) is 24.0 Å². The summed E-state index contributed by atoms with van der Waals surface area (Å²) >= 11 is 0. The van der Waals surface area contributed by atoms with Gasteiger partial charge >= 0.3 is 6.03 Å². The second-order valence-electron chi connectivity index (χ2n) is 6.11. The summed E-state index contributed by atoms with van der Waals surface area (Å²) in [6, 6.07) is 8.27. The average molecular weight is 317 g/mol. The fourth-order valence-corrected chi connectivity index (χ4v) is 2.94. The van der Waals surface area contributed by atoms with Crippen LogP contribution in [0, 0.1) is 6.92 Å². The zero-order chi connectivity index (χ0) is 16.7. The average Bonchev–Trinajstić information content (AvgIpc) is 3.00. The summed E-state index contributed by atoms with van der Waals surface area (Å²) < 4.78 is 0. The monoisotopic (exact) mass is 317 g/mol. The third-order valence-corrected chi connectivity index (χ3v) is 4.35. The molecule has 1 aromatic carbocycles. The smallest absolute Gasteiger partial charge is 0.315 e. The van der Waals surface area contributed by atoms with E-state index in [2.05, 4.69) is 29.7 Å². The molecule has 1 atom stereocenters. The summed E-state index contributed by atoms with van der Waals surface area (Å²) in [5.41, 5.74) is 2.63. The Morgan fingerprint density at radius 1 is 1.30 bits per heavy atom. The Balaban J connectivity index is 1.62. The largest absolute Gasteiger partial charge is 0.341 e. The van der Waals surface area contributed by atoms with E-state index in [-0.39, 0.29) is 18.0 Å². The number of aryl methyl sites for hydroxylation is 2. The Kier molecular flexibility index (Phi) is 6.44. The zero-order valence-electron chi connectivity index (χ0n) is 14.1. The zero-order valence-corrected chi connectivity index (χ0v) is 14.1. The third kappa shape index (κ3) is 5.27. The summed E-state index contributed by atoms with van der Waals surface area (Å²) in [6.45, 7) is 6.00. The summed E-state index contributed by atoms with van der Waals surface area (Å²) in [7, 11) is 0. The van der Waals surface area contributed by atoms with E-state index in [1.54, 1.807) is 0 Å². The Hall–Kier alpha value is -2.04. The number of likely N-dealkylation sites (tertiary alicyclic amines) is 1. The molecular weight excluding hydrogens is 290 g/mol. The first-order chi connectivity index (χ1) is 11.1. The van der Waals surface area contributed by atoms with E-state index in [4.69, 9.17) is 0 Å². The van der Waals surface area contributed by atoms with Crippen molar-refractivity contribution in [3.8, 4) is 0 Å². The summed E-state index contributed by atoms with van der Waals surface area (Å²) in [5, 5.41) is 5.86. The van der Waals surface area contributed by atoms with Crippen molar-refractivity contribution in [3.05, 3.63) is 35.4 Å². The van der Waals surface area contributed by atoms with Gasteiger partial charge in [0.2, 0.25) is 5.91 Å². The molecule has 5 heteroatoms. The third-order valence-electron chi connectivity index (χ3n) is 4.35. The SMILES string of the molecule is CCC(=O)N1CC[C@@H](NC(=O)NCCCc2ccccc2C)C1. The maximum absolute atomic E-state index is 11.9. The predicted octanol–water partition coefficient (Wildman–Crippen LogP) is 2.24. The highest BCUT2D eigenvalue weighted by Crippen LogP contribution is 2.11. The van der Waals surface area contributed by atoms with Gasteiger partial charge in [-0.1, -0.05) is 31.2 Å². The first-order valence-corrected chi connectivity index (χ1v) is 8.46. The van der Waals surface area contributed by atoms with Gasteiger partial charge in [-0.3, -0.25) is 4.79 Å². The van der Waals surface area contributed by atoms with E-state index in [0.717, 1.165) is 25.8 Å². The quantitative estimate of drug-likeness (QED) is 0.791. The maximum atomic E-state index is 11.9. The van der Waals surface area contributed by atoms with Gasteiger partial charge in [-0.15, -0.1) is 0 Å². The highest BCUT2D eigenvalue weighted by molar-refractivity contribution is 5.77. The maximum Gasteiger partial charge on any atom is 0.315 e. The highest BCUT2D eigenvalue weighted by Gasteiger charge is 2.26. The van der Waals surface area contributed by atoms with E-state index < -0.39 is 0 Å². The van der Waals surface area contributed by atoms with Gasteiger partial charge in [0.15, 0.2) is 0 Å². The molecule has 1 saturated heterocycles. The van der Waals surface area contributed by atoms with Crippen molar-refractivity contribution < 1.29 is 9.59 Å². The number of hydrogen-bond acceptors (Lipinski definition) is 2. The van der Waals surface area contributed by atoms with Crippen molar-refractivity contribution in [1.29, 1.82) is 0 Å². The summed E-state index contributed by atoms with van der Waals surface area (Å²) in [6.07, 6.45) is 3.25. The van der Waals surface area contributed by atoms with Crippen LogP contribution in [0.3, 0.4) is 0 Å². The van der Waals surface area contributed by atoms with Crippen molar-refractivity contribution in [2.75, 3.05) is 19.6 Å². The number of nitrogens with one attached hydrogen (secondary N) is 2. The molecule has 0 bridgehead atoms. The van der Waals surface area contributed by atoms with Gasteiger partial charge < -0.3 is 15.5 Å². The number of urea groups is 1.